The number of amidine groups is 1. The molecule has 0 aromatic carbocycles. The van der Waals surface area contributed by atoms with Gasteiger partial charge in [0.2, 0.25) is 0 Å². The lowest BCUT2D eigenvalue weighted by Crippen LogP contribution is -2.24. The number of hydrogen-bond donors (Lipinski definition) is 3. The molecule has 80 valence electrons. The smallest absolute Gasteiger partial charge is 0.275 e. The highest BCUT2D eigenvalue weighted by Gasteiger charge is 2.07. The molecule has 2 rings (SSSR count). The fraction of sp³-hybridized carbons (Fsp3) is 0. The Balaban J connectivity index is 2.57. The third-order valence-corrected chi connectivity index (χ3v) is 2.02. The van der Waals surface area contributed by atoms with E-state index in [1.807, 2.05) is 6.07 Å². The van der Waals surface area contributed by atoms with Gasteiger partial charge in [0.15, 0.2) is 0 Å². The Morgan fingerprint density at radius 3 is 2.81 bits per heavy atom. The van der Waals surface area contributed by atoms with Crippen molar-refractivity contribution in [2.75, 3.05) is 0 Å². The highest BCUT2D eigenvalue weighted by Crippen LogP contribution is 2.11. The Bertz CT molecular complexity index is 575. The van der Waals surface area contributed by atoms with Gasteiger partial charge in [0.05, 0.1) is 11.3 Å². The molecule has 2 aromatic heterocycles. The summed E-state index contributed by atoms with van der Waals surface area (Å²) in [4.78, 5) is 15.4. The standard InChI is InChI=1S/C10H9N5O/c11-9(12)6-5-8(14-15-10(6)16)7-3-1-2-4-13-7/h1-5H,(H3,11,12)(H,15,16). The van der Waals surface area contributed by atoms with Gasteiger partial charge < -0.3 is 5.73 Å². The van der Waals surface area contributed by atoms with Gasteiger partial charge in [-0.15, -0.1) is 0 Å². The monoisotopic (exact) mass is 215 g/mol. The van der Waals surface area contributed by atoms with Crippen molar-refractivity contribution in [2.45, 2.75) is 0 Å². The third kappa shape index (κ3) is 1.81. The van der Waals surface area contributed by atoms with Crippen LogP contribution in [0.2, 0.25) is 0 Å². The van der Waals surface area contributed by atoms with E-state index in [1.165, 1.54) is 6.07 Å². The van der Waals surface area contributed by atoms with E-state index >= 15 is 0 Å². The molecule has 16 heavy (non-hydrogen) atoms. The summed E-state index contributed by atoms with van der Waals surface area (Å²) >= 11 is 0. The number of rotatable bonds is 2. The fourth-order valence-corrected chi connectivity index (χ4v) is 1.25. The number of aromatic amines is 1. The number of nitrogens with two attached hydrogens (primary N) is 1. The molecule has 6 heteroatoms. The van der Waals surface area contributed by atoms with Crippen LogP contribution in [-0.2, 0) is 0 Å². The topological polar surface area (TPSA) is 109 Å². The van der Waals surface area contributed by atoms with Gasteiger partial charge in [0.1, 0.15) is 11.5 Å². The van der Waals surface area contributed by atoms with Gasteiger partial charge in [-0.05, 0) is 18.2 Å². The summed E-state index contributed by atoms with van der Waals surface area (Å²) in [5.41, 5.74) is 5.98. The Kier molecular flexibility index (Phi) is 2.47. The lowest BCUT2D eigenvalue weighted by Gasteiger charge is -2.01. The van der Waals surface area contributed by atoms with Gasteiger partial charge in [-0.1, -0.05) is 6.07 Å². The van der Waals surface area contributed by atoms with Crippen LogP contribution in [0.1, 0.15) is 5.56 Å². The Morgan fingerprint density at radius 1 is 1.38 bits per heavy atom. The van der Waals surface area contributed by atoms with Gasteiger partial charge in [-0.2, -0.15) is 5.10 Å². The molecule has 4 N–H and O–H groups in total. The summed E-state index contributed by atoms with van der Waals surface area (Å²) in [6, 6.07) is 6.79. The molecule has 0 fully saturated rings. The quantitative estimate of drug-likeness (QED) is 0.488. The zero-order valence-corrected chi connectivity index (χ0v) is 8.27. The first-order valence-corrected chi connectivity index (χ1v) is 4.54. The first kappa shape index (κ1) is 10.0. The first-order chi connectivity index (χ1) is 7.68. The maximum Gasteiger partial charge on any atom is 0.275 e. The van der Waals surface area contributed by atoms with Crippen molar-refractivity contribution in [3.8, 4) is 11.4 Å². The molecule has 0 amide bonds. The largest absolute Gasteiger partial charge is 0.384 e. The van der Waals surface area contributed by atoms with Crippen molar-refractivity contribution in [1.82, 2.24) is 15.2 Å². The highest BCUT2D eigenvalue weighted by molar-refractivity contribution is 5.95. The van der Waals surface area contributed by atoms with Crippen LogP contribution in [0.5, 0.6) is 0 Å². The van der Waals surface area contributed by atoms with Crippen molar-refractivity contribution < 1.29 is 0 Å². The van der Waals surface area contributed by atoms with E-state index in [2.05, 4.69) is 15.2 Å². The summed E-state index contributed by atoms with van der Waals surface area (Å²) in [6.07, 6.45) is 1.62. The minimum atomic E-state index is -0.479. The Hall–Kier alpha value is -2.50. The molecule has 0 saturated carbocycles. The summed E-state index contributed by atoms with van der Waals surface area (Å²) in [7, 11) is 0. The van der Waals surface area contributed by atoms with E-state index in [-0.39, 0.29) is 11.4 Å². The summed E-state index contributed by atoms with van der Waals surface area (Å²) in [5.74, 6) is -0.291. The second-order valence-corrected chi connectivity index (χ2v) is 3.12. The SMILES string of the molecule is N=C(N)c1cc(-c2ccccn2)n[nH]c1=O. The maximum atomic E-state index is 11.3. The van der Waals surface area contributed by atoms with Gasteiger partial charge in [-0.25, -0.2) is 5.10 Å². The van der Waals surface area contributed by atoms with Crippen molar-refractivity contribution >= 4 is 5.84 Å². The van der Waals surface area contributed by atoms with Gasteiger partial charge in [0, 0.05) is 6.20 Å². The lowest BCUT2D eigenvalue weighted by atomic mass is 10.2. The predicted molar refractivity (Wildman–Crippen MR) is 59.1 cm³/mol. The van der Waals surface area contributed by atoms with E-state index in [4.69, 9.17) is 11.1 Å². The normalized spacial score (nSPS) is 10.0. The average Bonchev–Trinajstić information content (AvgIpc) is 2.30. The number of aromatic nitrogens is 3. The maximum absolute atomic E-state index is 11.3. The van der Waals surface area contributed by atoms with Crippen LogP contribution >= 0.6 is 0 Å². The van der Waals surface area contributed by atoms with E-state index < -0.39 is 5.56 Å². The number of pyridine rings is 1. The van der Waals surface area contributed by atoms with Crippen LogP contribution < -0.4 is 11.3 Å². The number of nitrogen functional groups attached to an aromatic ring is 1. The second-order valence-electron chi connectivity index (χ2n) is 3.12. The first-order valence-electron chi connectivity index (χ1n) is 4.54. The molecule has 0 saturated heterocycles. The number of hydrogen-bond acceptors (Lipinski definition) is 4. The minimum absolute atomic E-state index is 0.0932. The van der Waals surface area contributed by atoms with Crippen molar-refractivity contribution in [3.63, 3.8) is 0 Å². The van der Waals surface area contributed by atoms with Crippen molar-refractivity contribution in [3.05, 3.63) is 46.4 Å². The van der Waals surface area contributed by atoms with E-state index in [0.717, 1.165) is 0 Å². The average molecular weight is 215 g/mol. The van der Waals surface area contributed by atoms with Crippen LogP contribution in [0.15, 0.2) is 35.3 Å². The Labute approximate surface area is 90.7 Å². The van der Waals surface area contributed by atoms with E-state index in [9.17, 15) is 4.79 Å². The second kappa shape index (κ2) is 3.93. The molecule has 2 heterocycles. The van der Waals surface area contributed by atoms with E-state index in [1.54, 1.807) is 18.3 Å². The van der Waals surface area contributed by atoms with Gasteiger partial charge in [-0.3, -0.25) is 15.2 Å². The minimum Gasteiger partial charge on any atom is -0.384 e. The van der Waals surface area contributed by atoms with Gasteiger partial charge >= 0.3 is 0 Å². The van der Waals surface area contributed by atoms with E-state index in [0.29, 0.717) is 11.4 Å². The molecular formula is C10H9N5O. The number of H-pyrrole nitrogens is 1. The zero-order valence-electron chi connectivity index (χ0n) is 8.27. The van der Waals surface area contributed by atoms with Crippen LogP contribution in [0, 0.1) is 5.41 Å². The predicted octanol–water partition coefficient (Wildman–Crippen LogP) is 0.116. The van der Waals surface area contributed by atoms with Crippen LogP contribution in [0.3, 0.4) is 0 Å². The van der Waals surface area contributed by atoms with Crippen LogP contribution in [0.25, 0.3) is 11.4 Å². The van der Waals surface area contributed by atoms with Crippen LogP contribution in [-0.4, -0.2) is 21.0 Å². The lowest BCUT2D eigenvalue weighted by molar-refractivity contribution is 0.982. The van der Waals surface area contributed by atoms with Crippen molar-refractivity contribution in [1.29, 1.82) is 5.41 Å². The highest BCUT2D eigenvalue weighted by atomic mass is 16.1. The fourth-order valence-electron chi connectivity index (χ4n) is 1.25. The Morgan fingerprint density at radius 2 is 2.19 bits per heavy atom. The molecule has 6 nitrogen and oxygen atoms in total. The summed E-state index contributed by atoms with van der Waals surface area (Å²) < 4.78 is 0. The van der Waals surface area contributed by atoms with Gasteiger partial charge in [0.25, 0.3) is 5.56 Å². The molecule has 0 aliphatic heterocycles. The number of nitrogens with zero attached hydrogens (tertiary/aromatic N) is 2. The molecule has 0 aliphatic rings. The molecule has 2 aromatic rings. The molecule has 0 atom stereocenters. The molecule has 0 aliphatic carbocycles. The number of nitrogens with one attached hydrogen (secondary N) is 2. The molecule has 0 unspecified atom stereocenters. The van der Waals surface area contributed by atoms with Crippen LogP contribution in [0.4, 0.5) is 0 Å². The molecule has 0 radical (unpaired) electrons. The summed E-state index contributed by atoms with van der Waals surface area (Å²) in [6.45, 7) is 0. The van der Waals surface area contributed by atoms with Crippen molar-refractivity contribution in [2.24, 2.45) is 5.73 Å². The third-order valence-electron chi connectivity index (χ3n) is 2.02. The summed E-state index contributed by atoms with van der Waals surface area (Å²) in [5, 5.41) is 13.4. The molecule has 0 spiro atoms. The molecular weight excluding hydrogens is 206 g/mol. The zero-order chi connectivity index (χ0) is 11.5. The molecule has 0 bridgehead atoms.